The smallest absolute Gasteiger partial charge is 0.322 e. The van der Waals surface area contributed by atoms with Crippen LogP contribution >= 0.6 is 11.3 Å². The molecule has 28 heavy (non-hydrogen) atoms. The molecule has 4 rings (SSSR count). The van der Waals surface area contributed by atoms with Crippen LogP contribution in [-0.2, 0) is 6.54 Å². The maximum atomic E-state index is 12.8. The zero-order valence-corrected chi connectivity index (χ0v) is 16.7. The second-order valence-corrected chi connectivity index (χ2v) is 7.55. The molecule has 0 radical (unpaired) electrons. The summed E-state index contributed by atoms with van der Waals surface area (Å²) >= 11 is 1.57. The molecule has 3 N–H and O–H groups in total. The molecule has 144 valence electrons. The fourth-order valence-corrected chi connectivity index (χ4v) is 3.87. The number of benzene rings is 2. The van der Waals surface area contributed by atoms with E-state index in [0.717, 1.165) is 28.3 Å². The molecule has 0 saturated heterocycles. The van der Waals surface area contributed by atoms with Crippen molar-refractivity contribution in [1.82, 2.24) is 9.88 Å². The highest BCUT2D eigenvalue weighted by Gasteiger charge is 2.23. The van der Waals surface area contributed by atoms with Crippen LogP contribution in [0.25, 0.3) is 0 Å². The number of aryl methyl sites for hydroxylation is 1. The SMILES string of the molecule is CCN(Cc1cccc(C)c1)C(=O)Nc1ccc2c(c1)NC(c1cscn1)N2. The molecule has 0 saturated carbocycles. The maximum absolute atomic E-state index is 12.8. The van der Waals surface area contributed by atoms with Gasteiger partial charge in [0.15, 0.2) is 0 Å². The number of hydrogen-bond donors (Lipinski definition) is 3. The van der Waals surface area contributed by atoms with Crippen LogP contribution in [0.2, 0.25) is 0 Å². The summed E-state index contributed by atoms with van der Waals surface area (Å²) in [6.45, 7) is 5.27. The Balaban J connectivity index is 1.43. The topological polar surface area (TPSA) is 69.3 Å². The van der Waals surface area contributed by atoms with Crippen LogP contribution < -0.4 is 16.0 Å². The fourth-order valence-electron chi connectivity index (χ4n) is 3.29. The summed E-state index contributed by atoms with van der Waals surface area (Å²) in [4.78, 5) is 18.9. The summed E-state index contributed by atoms with van der Waals surface area (Å²) in [5.41, 5.74) is 7.83. The van der Waals surface area contributed by atoms with Crippen LogP contribution in [0.1, 0.15) is 29.9 Å². The molecule has 1 aliphatic rings. The standard InChI is InChI=1S/C21H23N5OS/c1-3-26(11-15-6-4-5-14(2)9-15)21(27)23-16-7-8-17-18(10-16)25-20(24-17)19-12-28-13-22-19/h4-10,12-13,20,24-25H,3,11H2,1-2H3,(H,23,27). The molecule has 2 aromatic carbocycles. The number of carbonyl (C=O) groups excluding carboxylic acids is 1. The molecular formula is C21H23N5OS. The molecule has 0 spiro atoms. The number of rotatable bonds is 5. The van der Waals surface area contributed by atoms with E-state index in [4.69, 9.17) is 0 Å². The second kappa shape index (κ2) is 7.90. The van der Waals surface area contributed by atoms with Gasteiger partial charge in [-0.25, -0.2) is 9.78 Å². The van der Waals surface area contributed by atoms with Gasteiger partial charge in [0.25, 0.3) is 0 Å². The van der Waals surface area contributed by atoms with E-state index in [9.17, 15) is 4.79 Å². The van der Waals surface area contributed by atoms with Gasteiger partial charge in [0.2, 0.25) is 0 Å². The first-order chi connectivity index (χ1) is 13.6. The molecule has 0 bridgehead atoms. The Hall–Kier alpha value is -3.06. The van der Waals surface area contributed by atoms with Gasteiger partial charge in [-0.15, -0.1) is 11.3 Å². The Bertz CT molecular complexity index is 973. The number of carbonyl (C=O) groups is 1. The van der Waals surface area contributed by atoms with Crippen molar-refractivity contribution in [3.05, 3.63) is 70.2 Å². The number of amides is 2. The van der Waals surface area contributed by atoms with Crippen molar-refractivity contribution < 1.29 is 4.79 Å². The molecule has 3 aromatic rings. The third-order valence-corrected chi connectivity index (χ3v) is 5.35. The van der Waals surface area contributed by atoms with Crippen molar-refractivity contribution in [2.75, 3.05) is 22.5 Å². The third-order valence-electron chi connectivity index (χ3n) is 4.74. The molecule has 1 aliphatic heterocycles. The lowest BCUT2D eigenvalue weighted by atomic mass is 10.1. The zero-order valence-electron chi connectivity index (χ0n) is 15.9. The summed E-state index contributed by atoms with van der Waals surface area (Å²) in [5, 5.41) is 11.8. The summed E-state index contributed by atoms with van der Waals surface area (Å²) in [6.07, 6.45) is -0.0411. The van der Waals surface area contributed by atoms with Crippen molar-refractivity contribution in [2.45, 2.75) is 26.6 Å². The predicted octanol–water partition coefficient (Wildman–Crippen LogP) is 5.04. The van der Waals surface area contributed by atoms with Crippen molar-refractivity contribution >= 4 is 34.4 Å². The minimum absolute atomic E-state index is 0.0411. The number of anilines is 3. The van der Waals surface area contributed by atoms with Crippen molar-refractivity contribution in [3.63, 3.8) is 0 Å². The van der Waals surface area contributed by atoms with E-state index in [-0.39, 0.29) is 12.2 Å². The minimum atomic E-state index is -0.106. The van der Waals surface area contributed by atoms with E-state index in [1.54, 1.807) is 16.2 Å². The quantitative estimate of drug-likeness (QED) is 0.568. The number of thiazole rings is 1. The lowest BCUT2D eigenvalue weighted by molar-refractivity contribution is 0.212. The maximum Gasteiger partial charge on any atom is 0.322 e. The Morgan fingerprint density at radius 1 is 1.21 bits per heavy atom. The highest BCUT2D eigenvalue weighted by atomic mass is 32.1. The zero-order chi connectivity index (χ0) is 19.5. The molecule has 1 unspecified atom stereocenters. The Kier molecular flexibility index (Phi) is 5.16. The summed E-state index contributed by atoms with van der Waals surface area (Å²) in [5.74, 6) is 0. The highest BCUT2D eigenvalue weighted by Crippen LogP contribution is 2.36. The Morgan fingerprint density at radius 3 is 2.82 bits per heavy atom. The molecule has 2 amide bonds. The lowest BCUT2D eigenvalue weighted by Gasteiger charge is -2.22. The first kappa shape index (κ1) is 18.3. The van der Waals surface area contributed by atoms with Crippen LogP contribution in [0.15, 0.2) is 53.4 Å². The average Bonchev–Trinajstić information content (AvgIpc) is 3.35. The molecule has 1 aromatic heterocycles. The van der Waals surface area contributed by atoms with Gasteiger partial charge >= 0.3 is 6.03 Å². The lowest BCUT2D eigenvalue weighted by Crippen LogP contribution is -2.34. The van der Waals surface area contributed by atoms with Crippen LogP contribution in [0, 0.1) is 6.92 Å². The van der Waals surface area contributed by atoms with E-state index in [0.29, 0.717) is 13.1 Å². The highest BCUT2D eigenvalue weighted by molar-refractivity contribution is 7.07. The molecule has 1 atom stereocenters. The van der Waals surface area contributed by atoms with E-state index in [1.165, 1.54) is 5.56 Å². The largest absolute Gasteiger partial charge is 0.359 e. The number of nitrogens with one attached hydrogen (secondary N) is 3. The fraction of sp³-hybridized carbons (Fsp3) is 0.238. The van der Waals surface area contributed by atoms with E-state index >= 15 is 0 Å². The molecule has 0 fully saturated rings. The third kappa shape index (κ3) is 3.94. The number of hydrogen-bond acceptors (Lipinski definition) is 5. The van der Waals surface area contributed by atoms with E-state index in [2.05, 4.69) is 40.0 Å². The van der Waals surface area contributed by atoms with Crippen LogP contribution in [-0.4, -0.2) is 22.5 Å². The number of urea groups is 1. The van der Waals surface area contributed by atoms with Gasteiger partial charge in [0.1, 0.15) is 6.17 Å². The minimum Gasteiger partial charge on any atom is -0.359 e. The van der Waals surface area contributed by atoms with Gasteiger partial charge in [-0.2, -0.15) is 0 Å². The van der Waals surface area contributed by atoms with Crippen LogP contribution in [0.3, 0.4) is 0 Å². The van der Waals surface area contributed by atoms with Gasteiger partial charge in [-0.1, -0.05) is 29.8 Å². The molecule has 2 heterocycles. The monoisotopic (exact) mass is 393 g/mol. The first-order valence-electron chi connectivity index (χ1n) is 9.29. The second-order valence-electron chi connectivity index (χ2n) is 6.83. The number of nitrogens with zero attached hydrogens (tertiary/aromatic N) is 2. The molecular weight excluding hydrogens is 370 g/mol. The predicted molar refractivity (Wildman–Crippen MR) is 115 cm³/mol. The number of aromatic nitrogens is 1. The average molecular weight is 394 g/mol. The van der Waals surface area contributed by atoms with Crippen LogP contribution in [0.5, 0.6) is 0 Å². The Morgan fingerprint density at radius 2 is 2.07 bits per heavy atom. The molecule has 6 nitrogen and oxygen atoms in total. The van der Waals surface area contributed by atoms with Crippen LogP contribution in [0.4, 0.5) is 21.9 Å². The summed E-state index contributed by atoms with van der Waals surface area (Å²) in [6, 6.07) is 14.0. The van der Waals surface area contributed by atoms with Crippen molar-refractivity contribution in [1.29, 1.82) is 0 Å². The van der Waals surface area contributed by atoms with Crippen molar-refractivity contribution in [2.24, 2.45) is 0 Å². The van der Waals surface area contributed by atoms with Gasteiger partial charge in [-0.05, 0) is 37.6 Å². The van der Waals surface area contributed by atoms with Crippen molar-refractivity contribution in [3.8, 4) is 0 Å². The number of fused-ring (bicyclic) bond motifs is 1. The molecule has 0 aliphatic carbocycles. The van der Waals surface area contributed by atoms with E-state index < -0.39 is 0 Å². The Labute approximate surface area is 168 Å². The van der Waals surface area contributed by atoms with Gasteiger partial charge in [0.05, 0.1) is 22.6 Å². The van der Waals surface area contributed by atoms with Gasteiger partial charge in [0, 0.05) is 24.2 Å². The first-order valence-corrected chi connectivity index (χ1v) is 10.2. The summed E-state index contributed by atoms with van der Waals surface area (Å²) in [7, 11) is 0. The van der Waals surface area contributed by atoms with Gasteiger partial charge < -0.3 is 20.9 Å². The van der Waals surface area contributed by atoms with E-state index in [1.807, 2.05) is 48.1 Å². The molecule has 7 heteroatoms. The van der Waals surface area contributed by atoms with Gasteiger partial charge in [-0.3, -0.25) is 0 Å². The summed E-state index contributed by atoms with van der Waals surface area (Å²) < 4.78 is 0. The normalized spacial score (nSPS) is 14.7.